The van der Waals surface area contributed by atoms with Crippen molar-refractivity contribution in [1.82, 2.24) is 0 Å². The molecule has 54 valence electrons. The van der Waals surface area contributed by atoms with Gasteiger partial charge < -0.3 is 5.32 Å². The minimum atomic E-state index is 0.870. The Hall–Kier alpha value is -0.630. The third-order valence-corrected chi connectivity index (χ3v) is 1.44. The van der Waals surface area contributed by atoms with Gasteiger partial charge in [-0.3, -0.25) is 0 Å². The fourth-order valence-corrected chi connectivity index (χ4v) is 0.868. The molecular weight excluding hydrogens is 142 g/mol. The second-order valence-electron chi connectivity index (χ2n) is 2.02. The molecule has 1 aromatic rings. The summed E-state index contributed by atoms with van der Waals surface area (Å²) in [5, 5.41) is 3.22. The Balaban J connectivity index is 2.43. The molecule has 0 aliphatic rings. The van der Waals surface area contributed by atoms with Crippen LogP contribution in [0.25, 0.3) is 0 Å². The molecule has 0 heterocycles. The van der Waals surface area contributed by atoms with Gasteiger partial charge in [0.05, 0.1) is 0 Å². The molecule has 2 heteroatoms. The Kier molecular flexibility index (Phi) is 3.16. The maximum Gasteiger partial charge on any atom is 0.0340 e. The normalized spacial score (nSPS) is 9.30. The van der Waals surface area contributed by atoms with Gasteiger partial charge in [0.15, 0.2) is 0 Å². The highest BCUT2D eigenvalue weighted by molar-refractivity contribution is 7.80. The van der Waals surface area contributed by atoms with Gasteiger partial charge >= 0.3 is 0 Å². The largest absolute Gasteiger partial charge is 0.384 e. The third-order valence-electron chi connectivity index (χ3n) is 1.21. The lowest BCUT2D eigenvalue weighted by Gasteiger charge is -2.01. The van der Waals surface area contributed by atoms with E-state index < -0.39 is 0 Å². The van der Waals surface area contributed by atoms with Crippen molar-refractivity contribution < 1.29 is 0 Å². The molecule has 0 radical (unpaired) electrons. The van der Waals surface area contributed by atoms with Crippen molar-refractivity contribution in [2.24, 2.45) is 0 Å². The van der Waals surface area contributed by atoms with E-state index in [1.807, 2.05) is 30.3 Å². The summed E-state index contributed by atoms with van der Waals surface area (Å²) >= 11 is 4.09. The average molecular weight is 153 g/mol. The van der Waals surface area contributed by atoms with E-state index in [1.54, 1.807) is 0 Å². The molecule has 10 heavy (non-hydrogen) atoms. The Bertz CT molecular complexity index is 174. The smallest absolute Gasteiger partial charge is 0.0340 e. The van der Waals surface area contributed by atoms with Crippen molar-refractivity contribution in [2.75, 3.05) is 17.6 Å². The zero-order valence-corrected chi connectivity index (χ0v) is 6.64. The van der Waals surface area contributed by atoms with Crippen molar-refractivity contribution in [1.29, 1.82) is 0 Å². The number of rotatable bonds is 3. The van der Waals surface area contributed by atoms with Crippen LogP contribution in [0.3, 0.4) is 0 Å². The molecular formula is C8H11NS. The van der Waals surface area contributed by atoms with E-state index in [0.29, 0.717) is 0 Å². The first-order valence-corrected chi connectivity index (χ1v) is 3.96. The summed E-state index contributed by atoms with van der Waals surface area (Å²) in [6, 6.07) is 10.1. The second kappa shape index (κ2) is 4.23. The number of hydrogen-bond donors (Lipinski definition) is 2. The summed E-state index contributed by atoms with van der Waals surface area (Å²) in [5.41, 5.74) is 1.16. The molecule has 0 amide bonds. The molecule has 0 bridgehead atoms. The lowest BCUT2D eigenvalue weighted by molar-refractivity contribution is 1.23. The fourth-order valence-electron chi connectivity index (χ4n) is 0.756. The van der Waals surface area contributed by atoms with Gasteiger partial charge in [-0.1, -0.05) is 18.2 Å². The van der Waals surface area contributed by atoms with Crippen LogP contribution in [0.4, 0.5) is 5.69 Å². The lowest BCUT2D eigenvalue weighted by atomic mass is 10.3. The second-order valence-corrected chi connectivity index (χ2v) is 2.46. The Morgan fingerprint density at radius 1 is 1.20 bits per heavy atom. The van der Waals surface area contributed by atoms with Crippen molar-refractivity contribution >= 4 is 18.3 Å². The van der Waals surface area contributed by atoms with Crippen LogP contribution in [0.15, 0.2) is 30.3 Å². The number of thiol groups is 1. The van der Waals surface area contributed by atoms with Crippen LogP contribution in [0.1, 0.15) is 0 Å². The highest BCUT2D eigenvalue weighted by Gasteiger charge is 1.84. The molecule has 1 rings (SSSR count). The van der Waals surface area contributed by atoms with E-state index in [9.17, 15) is 0 Å². The van der Waals surface area contributed by atoms with Gasteiger partial charge in [0.25, 0.3) is 0 Å². The van der Waals surface area contributed by atoms with Crippen molar-refractivity contribution in [3.05, 3.63) is 30.3 Å². The van der Waals surface area contributed by atoms with E-state index in [0.717, 1.165) is 18.0 Å². The van der Waals surface area contributed by atoms with Crippen LogP contribution in [0, 0.1) is 0 Å². The predicted molar refractivity (Wildman–Crippen MR) is 48.8 cm³/mol. The van der Waals surface area contributed by atoms with Gasteiger partial charge in [-0.15, -0.1) is 0 Å². The number of benzene rings is 1. The van der Waals surface area contributed by atoms with Gasteiger partial charge in [-0.25, -0.2) is 0 Å². The molecule has 0 aliphatic heterocycles. The van der Waals surface area contributed by atoms with Gasteiger partial charge in [0.2, 0.25) is 0 Å². The first kappa shape index (κ1) is 7.48. The quantitative estimate of drug-likeness (QED) is 0.633. The van der Waals surface area contributed by atoms with E-state index in [1.165, 1.54) is 0 Å². The van der Waals surface area contributed by atoms with Crippen molar-refractivity contribution in [3.63, 3.8) is 0 Å². The van der Waals surface area contributed by atoms with Gasteiger partial charge in [0, 0.05) is 18.0 Å². The molecule has 1 aromatic carbocycles. The highest BCUT2D eigenvalue weighted by atomic mass is 32.1. The zero-order valence-electron chi connectivity index (χ0n) is 5.75. The fraction of sp³-hybridized carbons (Fsp3) is 0.250. The van der Waals surface area contributed by atoms with Gasteiger partial charge in [-0.05, 0) is 12.1 Å². The van der Waals surface area contributed by atoms with Crippen LogP contribution < -0.4 is 5.32 Å². The summed E-state index contributed by atoms with van der Waals surface area (Å²) in [6.45, 7) is 0.924. The minimum absolute atomic E-state index is 0.870. The maximum atomic E-state index is 4.09. The lowest BCUT2D eigenvalue weighted by Crippen LogP contribution is -2.01. The monoisotopic (exact) mass is 153 g/mol. The topological polar surface area (TPSA) is 12.0 Å². The molecule has 0 aromatic heterocycles. The third kappa shape index (κ3) is 2.31. The average Bonchev–Trinajstić information content (AvgIpc) is 2.03. The Morgan fingerprint density at radius 2 is 1.90 bits per heavy atom. The van der Waals surface area contributed by atoms with Crippen LogP contribution in [0.5, 0.6) is 0 Å². The van der Waals surface area contributed by atoms with Crippen molar-refractivity contribution in [3.8, 4) is 0 Å². The number of para-hydroxylation sites is 1. The Morgan fingerprint density at radius 3 is 2.50 bits per heavy atom. The first-order chi connectivity index (χ1) is 4.93. The van der Waals surface area contributed by atoms with Crippen molar-refractivity contribution in [2.45, 2.75) is 0 Å². The number of nitrogens with one attached hydrogen (secondary N) is 1. The molecule has 1 N–H and O–H groups in total. The highest BCUT2D eigenvalue weighted by Crippen LogP contribution is 2.03. The van der Waals surface area contributed by atoms with Crippen LogP contribution in [-0.2, 0) is 0 Å². The van der Waals surface area contributed by atoms with Crippen LogP contribution in [0.2, 0.25) is 0 Å². The van der Waals surface area contributed by atoms with Crippen LogP contribution >= 0.6 is 12.6 Å². The van der Waals surface area contributed by atoms with E-state index in [4.69, 9.17) is 0 Å². The molecule has 0 saturated carbocycles. The molecule has 0 spiro atoms. The number of anilines is 1. The molecule has 0 fully saturated rings. The molecule has 0 atom stereocenters. The summed E-state index contributed by atoms with van der Waals surface area (Å²) < 4.78 is 0. The summed E-state index contributed by atoms with van der Waals surface area (Å²) in [5.74, 6) is 0.870. The number of hydrogen-bond acceptors (Lipinski definition) is 2. The van der Waals surface area contributed by atoms with E-state index in [-0.39, 0.29) is 0 Å². The SMILES string of the molecule is SCCNc1ccccc1. The molecule has 0 saturated heterocycles. The summed E-state index contributed by atoms with van der Waals surface area (Å²) in [6.07, 6.45) is 0. The molecule has 0 aliphatic carbocycles. The Labute approximate surface area is 66.9 Å². The summed E-state index contributed by atoms with van der Waals surface area (Å²) in [4.78, 5) is 0. The first-order valence-electron chi connectivity index (χ1n) is 3.33. The summed E-state index contributed by atoms with van der Waals surface area (Å²) in [7, 11) is 0. The van der Waals surface area contributed by atoms with Gasteiger partial charge in [-0.2, -0.15) is 12.6 Å². The predicted octanol–water partition coefficient (Wildman–Crippen LogP) is 2.03. The van der Waals surface area contributed by atoms with E-state index >= 15 is 0 Å². The minimum Gasteiger partial charge on any atom is -0.384 e. The molecule has 0 unspecified atom stereocenters. The maximum absolute atomic E-state index is 4.09. The standard InChI is InChI=1S/C8H11NS/c10-7-6-9-8-4-2-1-3-5-8/h1-5,9-10H,6-7H2. The van der Waals surface area contributed by atoms with Gasteiger partial charge in [0.1, 0.15) is 0 Å². The van der Waals surface area contributed by atoms with E-state index in [2.05, 4.69) is 17.9 Å². The van der Waals surface area contributed by atoms with Crippen LogP contribution in [-0.4, -0.2) is 12.3 Å². The molecule has 1 nitrogen and oxygen atoms in total. The zero-order chi connectivity index (χ0) is 7.23.